The van der Waals surface area contributed by atoms with Gasteiger partial charge in [-0.3, -0.25) is 9.59 Å². The largest absolute Gasteiger partial charge is 0.465 e. The molecule has 0 saturated heterocycles. The summed E-state index contributed by atoms with van der Waals surface area (Å²) in [6, 6.07) is 6.82. The van der Waals surface area contributed by atoms with Gasteiger partial charge in [0.25, 0.3) is 0 Å². The third-order valence-corrected chi connectivity index (χ3v) is 2.73. The van der Waals surface area contributed by atoms with Gasteiger partial charge in [0.1, 0.15) is 12.4 Å². The summed E-state index contributed by atoms with van der Waals surface area (Å²) in [5.41, 5.74) is 0.517. The first-order valence-corrected chi connectivity index (χ1v) is 6.12. The summed E-state index contributed by atoms with van der Waals surface area (Å²) in [6.07, 6.45) is 0. The van der Waals surface area contributed by atoms with Gasteiger partial charge < -0.3 is 9.47 Å². The predicted molar refractivity (Wildman–Crippen MR) is 72.1 cm³/mol. The summed E-state index contributed by atoms with van der Waals surface area (Å²) in [4.78, 5) is 22.1. The lowest BCUT2D eigenvalue weighted by Crippen LogP contribution is -2.27. The van der Waals surface area contributed by atoms with Crippen molar-refractivity contribution in [3.05, 3.63) is 29.3 Å². The van der Waals surface area contributed by atoms with E-state index in [0.717, 1.165) is 0 Å². The fraction of sp³-hybridized carbons (Fsp3) is 0.400. The minimum absolute atomic E-state index is 0.130. The average molecular weight is 275 g/mol. The van der Waals surface area contributed by atoms with Crippen LogP contribution >= 0.6 is 0 Å². The Morgan fingerprint density at radius 3 is 2.40 bits per heavy atom. The Bertz CT molecular complexity index is 570. The van der Waals surface area contributed by atoms with Crippen LogP contribution in [0.3, 0.4) is 0 Å². The van der Waals surface area contributed by atoms with Crippen molar-refractivity contribution in [1.29, 1.82) is 5.26 Å². The molecule has 0 spiro atoms. The maximum absolute atomic E-state index is 11.1. The first-order valence-electron chi connectivity index (χ1n) is 6.12. The molecule has 0 aliphatic rings. The van der Waals surface area contributed by atoms with E-state index in [1.165, 1.54) is 13.8 Å². The molecule has 106 valence electrons. The van der Waals surface area contributed by atoms with Crippen LogP contribution in [-0.4, -0.2) is 18.5 Å². The Morgan fingerprint density at radius 2 is 1.90 bits per heavy atom. The fourth-order valence-corrected chi connectivity index (χ4v) is 1.73. The number of carbonyl (C=O) groups excluding carboxylic acids is 2. The standard InChI is InChI=1S/C15H17NO4/c1-10(17)19-9-15(3,4)13-7-12(8-16)5-6-14(13)20-11(2)18/h5-7H,9H2,1-4H3. The van der Waals surface area contributed by atoms with Gasteiger partial charge in [-0.2, -0.15) is 5.26 Å². The van der Waals surface area contributed by atoms with Crippen LogP contribution in [0.25, 0.3) is 0 Å². The van der Waals surface area contributed by atoms with E-state index in [9.17, 15) is 9.59 Å². The van der Waals surface area contributed by atoms with Crippen LogP contribution in [0.2, 0.25) is 0 Å². The van der Waals surface area contributed by atoms with E-state index in [4.69, 9.17) is 14.7 Å². The highest BCUT2D eigenvalue weighted by atomic mass is 16.5. The Balaban J connectivity index is 3.20. The topological polar surface area (TPSA) is 76.4 Å². The summed E-state index contributed by atoms with van der Waals surface area (Å²) in [7, 11) is 0. The molecule has 5 nitrogen and oxygen atoms in total. The Hall–Kier alpha value is -2.35. The highest BCUT2D eigenvalue weighted by molar-refractivity contribution is 5.70. The quantitative estimate of drug-likeness (QED) is 0.622. The van der Waals surface area contributed by atoms with Crippen molar-refractivity contribution in [2.45, 2.75) is 33.1 Å². The third-order valence-electron chi connectivity index (χ3n) is 2.73. The van der Waals surface area contributed by atoms with Gasteiger partial charge in [0.05, 0.1) is 11.6 Å². The molecule has 0 bridgehead atoms. The van der Waals surface area contributed by atoms with Gasteiger partial charge in [-0.15, -0.1) is 0 Å². The van der Waals surface area contributed by atoms with Crippen LogP contribution in [-0.2, 0) is 19.7 Å². The van der Waals surface area contributed by atoms with E-state index in [1.807, 2.05) is 19.9 Å². The van der Waals surface area contributed by atoms with Crippen molar-refractivity contribution in [3.63, 3.8) is 0 Å². The van der Waals surface area contributed by atoms with Crippen molar-refractivity contribution in [3.8, 4) is 11.8 Å². The van der Waals surface area contributed by atoms with Gasteiger partial charge in [-0.1, -0.05) is 13.8 Å². The maximum atomic E-state index is 11.1. The van der Waals surface area contributed by atoms with E-state index in [2.05, 4.69) is 0 Å². The number of carbonyl (C=O) groups is 2. The Kier molecular flexibility index (Phi) is 4.87. The highest BCUT2D eigenvalue weighted by Gasteiger charge is 2.27. The van der Waals surface area contributed by atoms with Crippen molar-refractivity contribution >= 4 is 11.9 Å². The molecule has 0 radical (unpaired) electrons. The number of nitriles is 1. The van der Waals surface area contributed by atoms with E-state index in [1.54, 1.807) is 18.2 Å². The zero-order valence-corrected chi connectivity index (χ0v) is 12.0. The molecular formula is C15H17NO4. The maximum Gasteiger partial charge on any atom is 0.308 e. The van der Waals surface area contributed by atoms with Crippen LogP contribution in [0, 0.1) is 11.3 Å². The molecule has 0 aromatic heterocycles. The lowest BCUT2D eigenvalue weighted by molar-refractivity contribution is -0.142. The van der Waals surface area contributed by atoms with Gasteiger partial charge in [0, 0.05) is 24.8 Å². The van der Waals surface area contributed by atoms with Gasteiger partial charge in [0.15, 0.2) is 0 Å². The molecule has 0 saturated carbocycles. The number of rotatable bonds is 4. The zero-order valence-electron chi connectivity index (χ0n) is 12.0. The molecule has 1 aromatic rings. The molecule has 0 amide bonds. The monoisotopic (exact) mass is 275 g/mol. The molecule has 5 heteroatoms. The number of benzene rings is 1. The highest BCUT2D eigenvalue weighted by Crippen LogP contribution is 2.33. The molecule has 0 N–H and O–H groups in total. The van der Waals surface area contributed by atoms with Crippen LogP contribution < -0.4 is 4.74 Å². The molecule has 0 atom stereocenters. The van der Waals surface area contributed by atoms with E-state index in [-0.39, 0.29) is 12.6 Å². The van der Waals surface area contributed by atoms with Crippen LogP contribution in [0.4, 0.5) is 0 Å². The fourth-order valence-electron chi connectivity index (χ4n) is 1.73. The minimum Gasteiger partial charge on any atom is -0.465 e. The minimum atomic E-state index is -0.580. The van der Waals surface area contributed by atoms with Gasteiger partial charge in [-0.05, 0) is 18.2 Å². The molecule has 0 aliphatic heterocycles. The molecule has 0 fully saturated rings. The van der Waals surface area contributed by atoms with Crippen molar-refractivity contribution in [2.24, 2.45) is 0 Å². The number of ether oxygens (including phenoxy) is 2. The second-order valence-electron chi connectivity index (χ2n) is 5.08. The van der Waals surface area contributed by atoms with Crippen molar-refractivity contribution in [2.75, 3.05) is 6.61 Å². The summed E-state index contributed by atoms with van der Waals surface area (Å²) in [5, 5.41) is 8.98. The molecule has 0 heterocycles. The zero-order chi connectivity index (χ0) is 15.3. The number of esters is 2. The van der Waals surface area contributed by atoms with Gasteiger partial charge >= 0.3 is 11.9 Å². The molecule has 0 aliphatic carbocycles. The van der Waals surface area contributed by atoms with Gasteiger partial charge in [0.2, 0.25) is 0 Å². The van der Waals surface area contributed by atoms with Crippen LogP contribution in [0.1, 0.15) is 38.8 Å². The van der Waals surface area contributed by atoms with Crippen molar-refractivity contribution < 1.29 is 19.1 Å². The number of nitrogens with zero attached hydrogens (tertiary/aromatic N) is 1. The molecule has 0 unspecified atom stereocenters. The average Bonchev–Trinajstić information content (AvgIpc) is 2.36. The molecular weight excluding hydrogens is 258 g/mol. The third kappa shape index (κ3) is 4.09. The number of hydrogen-bond donors (Lipinski definition) is 0. The summed E-state index contributed by atoms with van der Waals surface area (Å²) < 4.78 is 10.2. The Morgan fingerprint density at radius 1 is 1.25 bits per heavy atom. The van der Waals surface area contributed by atoms with E-state index < -0.39 is 11.4 Å². The molecule has 1 aromatic carbocycles. The number of hydrogen-bond acceptors (Lipinski definition) is 5. The smallest absolute Gasteiger partial charge is 0.308 e. The van der Waals surface area contributed by atoms with Crippen LogP contribution in [0.5, 0.6) is 5.75 Å². The second kappa shape index (κ2) is 6.20. The first kappa shape index (κ1) is 15.7. The van der Waals surface area contributed by atoms with E-state index >= 15 is 0 Å². The lowest BCUT2D eigenvalue weighted by atomic mass is 9.84. The van der Waals surface area contributed by atoms with Gasteiger partial charge in [-0.25, -0.2) is 0 Å². The normalized spacial score (nSPS) is 10.6. The lowest BCUT2D eigenvalue weighted by Gasteiger charge is -2.26. The van der Waals surface area contributed by atoms with Crippen LogP contribution in [0.15, 0.2) is 18.2 Å². The predicted octanol–water partition coefficient (Wildman–Crippen LogP) is 2.32. The molecule has 20 heavy (non-hydrogen) atoms. The SMILES string of the molecule is CC(=O)OCC(C)(C)c1cc(C#N)ccc1OC(C)=O. The summed E-state index contributed by atoms with van der Waals surface area (Å²) in [5.74, 6) is -0.462. The summed E-state index contributed by atoms with van der Waals surface area (Å²) >= 11 is 0. The summed E-state index contributed by atoms with van der Waals surface area (Å²) in [6.45, 7) is 6.46. The van der Waals surface area contributed by atoms with E-state index in [0.29, 0.717) is 16.9 Å². The Labute approximate surface area is 118 Å². The second-order valence-corrected chi connectivity index (χ2v) is 5.08. The first-order chi connectivity index (χ1) is 9.26. The van der Waals surface area contributed by atoms with Crippen molar-refractivity contribution in [1.82, 2.24) is 0 Å². The molecule has 1 rings (SSSR count).